The first-order chi connectivity index (χ1) is 16.4. The summed E-state index contributed by atoms with van der Waals surface area (Å²) >= 11 is 6.30. The quantitative estimate of drug-likeness (QED) is 0.309. The summed E-state index contributed by atoms with van der Waals surface area (Å²) in [6.45, 7) is 1.93. The minimum Gasteiger partial charge on any atom is -0.494 e. The van der Waals surface area contributed by atoms with Crippen LogP contribution in [0.2, 0.25) is 5.15 Å². The van der Waals surface area contributed by atoms with E-state index < -0.39 is 11.6 Å². The van der Waals surface area contributed by atoms with E-state index in [4.69, 9.17) is 16.3 Å². The highest BCUT2D eigenvalue weighted by molar-refractivity contribution is 6.29. The van der Waals surface area contributed by atoms with Gasteiger partial charge in [-0.2, -0.15) is 10.2 Å². The number of para-hydroxylation sites is 1. The number of hydrogen-bond donors (Lipinski definition) is 0. The van der Waals surface area contributed by atoms with Crippen molar-refractivity contribution in [3.8, 4) is 28.7 Å². The molecule has 5 rings (SSSR count). The van der Waals surface area contributed by atoms with Crippen molar-refractivity contribution in [1.82, 2.24) is 29.5 Å². The zero-order valence-corrected chi connectivity index (χ0v) is 19.1. The highest BCUT2D eigenvalue weighted by atomic mass is 35.5. The topological polar surface area (TPSA) is 70.7 Å². The van der Waals surface area contributed by atoms with Gasteiger partial charge in [0.15, 0.2) is 5.82 Å². The Hall–Kier alpha value is -3.85. The highest BCUT2D eigenvalue weighted by Crippen LogP contribution is 2.30. The van der Waals surface area contributed by atoms with Gasteiger partial charge in [-0.25, -0.2) is 18.7 Å². The standard InChI is InChI=1S/C24H19ClF2N6O/c1-3-34-14-10-17(26)16(18(27)11-14)13-33-21-7-5-4-6-15(21)23(31-33)24-28-20(12-22(25)29-24)19-8-9-32(2)30-19/h4-12H,3,13H2,1-2H3. The normalized spacial score (nSPS) is 11.3. The van der Waals surface area contributed by atoms with Crippen LogP contribution in [0.5, 0.6) is 5.75 Å². The summed E-state index contributed by atoms with van der Waals surface area (Å²) in [4.78, 5) is 8.97. The van der Waals surface area contributed by atoms with Crippen molar-refractivity contribution in [2.75, 3.05) is 6.61 Å². The van der Waals surface area contributed by atoms with E-state index in [1.54, 1.807) is 23.9 Å². The lowest BCUT2D eigenvalue weighted by molar-refractivity contribution is 0.335. The van der Waals surface area contributed by atoms with E-state index in [9.17, 15) is 8.78 Å². The van der Waals surface area contributed by atoms with Gasteiger partial charge in [-0.1, -0.05) is 29.8 Å². The van der Waals surface area contributed by atoms with Crippen LogP contribution in [-0.2, 0) is 13.6 Å². The Morgan fingerprint density at radius 1 is 0.971 bits per heavy atom. The third-order valence-corrected chi connectivity index (χ3v) is 5.47. The Kier molecular flexibility index (Phi) is 5.70. The fraction of sp³-hybridized carbons (Fsp3) is 0.167. The van der Waals surface area contributed by atoms with Gasteiger partial charge in [0, 0.05) is 42.4 Å². The molecule has 10 heteroatoms. The van der Waals surface area contributed by atoms with Crippen LogP contribution in [0, 0.1) is 11.6 Å². The molecule has 7 nitrogen and oxygen atoms in total. The number of fused-ring (bicyclic) bond motifs is 1. The fourth-order valence-corrected chi connectivity index (χ4v) is 3.93. The molecule has 0 aliphatic carbocycles. The average molecular weight is 481 g/mol. The summed E-state index contributed by atoms with van der Waals surface area (Å²) < 4.78 is 37.9. The van der Waals surface area contributed by atoms with Gasteiger partial charge < -0.3 is 4.74 Å². The number of rotatable bonds is 6. The third-order valence-electron chi connectivity index (χ3n) is 5.27. The molecule has 0 aliphatic rings. The number of aromatic nitrogens is 6. The number of aryl methyl sites for hydroxylation is 1. The monoisotopic (exact) mass is 480 g/mol. The van der Waals surface area contributed by atoms with Gasteiger partial charge in [-0.15, -0.1) is 0 Å². The van der Waals surface area contributed by atoms with E-state index in [1.165, 1.54) is 16.8 Å². The summed E-state index contributed by atoms with van der Waals surface area (Å²) in [6.07, 6.45) is 1.80. The number of ether oxygens (including phenoxy) is 1. The van der Waals surface area contributed by atoms with E-state index in [-0.39, 0.29) is 28.8 Å². The molecule has 2 aromatic carbocycles. The maximum Gasteiger partial charge on any atom is 0.182 e. The summed E-state index contributed by atoms with van der Waals surface area (Å²) in [5, 5.41) is 9.94. The van der Waals surface area contributed by atoms with Crippen LogP contribution >= 0.6 is 11.6 Å². The molecule has 0 aliphatic heterocycles. The van der Waals surface area contributed by atoms with Crippen LogP contribution in [0.3, 0.4) is 0 Å². The van der Waals surface area contributed by atoms with Crippen LogP contribution in [0.1, 0.15) is 12.5 Å². The molecule has 0 N–H and O–H groups in total. The van der Waals surface area contributed by atoms with Crippen LogP contribution in [-0.4, -0.2) is 36.1 Å². The van der Waals surface area contributed by atoms with Crippen LogP contribution in [0.4, 0.5) is 8.78 Å². The molecule has 0 bridgehead atoms. The lowest BCUT2D eigenvalue weighted by Crippen LogP contribution is -2.07. The molecule has 34 heavy (non-hydrogen) atoms. The summed E-state index contributed by atoms with van der Waals surface area (Å²) in [7, 11) is 1.81. The Labute approximate surface area is 198 Å². The molecule has 5 aromatic rings. The van der Waals surface area contributed by atoms with Crippen molar-refractivity contribution < 1.29 is 13.5 Å². The van der Waals surface area contributed by atoms with Crippen molar-refractivity contribution in [3.05, 3.63) is 77.1 Å². The molecular formula is C24H19ClF2N6O. The van der Waals surface area contributed by atoms with Gasteiger partial charge in [-0.3, -0.25) is 9.36 Å². The Morgan fingerprint density at radius 3 is 2.44 bits per heavy atom. The van der Waals surface area contributed by atoms with Crippen LogP contribution < -0.4 is 4.74 Å². The highest BCUT2D eigenvalue weighted by Gasteiger charge is 2.20. The molecule has 0 atom stereocenters. The third kappa shape index (κ3) is 4.10. The van der Waals surface area contributed by atoms with Gasteiger partial charge in [0.2, 0.25) is 0 Å². The molecule has 0 radical (unpaired) electrons. The summed E-state index contributed by atoms with van der Waals surface area (Å²) in [5.74, 6) is -0.987. The molecule has 3 heterocycles. The largest absolute Gasteiger partial charge is 0.494 e. The van der Waals surface area contributed by atoms with E-state index in [0.29, 0.717) is 29.2 Å². The number of benzene rings is 2. The molecule has 0 spiro atoms. The van der Waals surface area contributed by atoms with E-state index in [0.717, 1.165) is 5.39 Å². The smallest absolute Gasteiger partial charge is 0.182 e. The van der Waals surface area contributed by atoms with Crippen molar-refractivity contribution in [3.63, 3.8) is 0 Å². The Morgan fingerprint density at radius 2 is 1.74 bits per heavy atom. The number of nitrogens with zero attached hydrogens (tertiary/aromatic N) is 6. The molecular weight excluding hydrogens is 462 g/mol. The summed E-state index contributed by atoms with van der Waals surface area (Å²) in [5.41, 5.74) is 2.17. The Balaban J connectivity index is 1.61. The molecule has 0 saturated carbocycles. The van der Waals surface area contributed by atoms with Crippen LogP contribution in [0.25, 0.3) is 33.8 Å². The Bertz CT molecular complexity index is 1490. The SMILES string of the molecule is CCOc1cc(F)c(Cn2nc(-c3nc(Cl)cc(-c4ccn(C)n4)n3)c3ccccc32)c(F)c1. The van der Waals surface area contributed by atoms with Crippen molar-refractivity contribution in [2.24, 2.45) is 7.05 Å². The maximum absolute atomic E-state index is 14.7. The zero-order valence-electron chi connectivity index (χ0n) is 18.3. The van der Waals surface area contributed by atoms with Crippen molar-refractivity contribution in [1.29, 1.82) is 0 Å². The predicted octanol–water partition coefficient (Wildman–Crippen LogP) is 5.27. The molecule has 0 saturated heterocycles. The van der Waals surface area contributed by atoms with Gasteiger partial charge in [0.1, 0.15) is 33.9 Å². The van der Waals surface area contributed by atoms with E-state index >= 15 is 0 Å². The molecule has 0 fully saturated rings. The van der Waals surface area contributed by atoms with Crippen molar-refractivity contribution in [2.45, 2.75) is 13.5 Å². The fourth-order valence-electron chi connectivity index (χ4n) is 3.75. The molecule has 172 valence electrons. The van der Waals surface area contributed by atoms with Gasteiger partial charge >= 0.3 is 0 Å². The van der Waals surface area contributed by atoms with Crippen LogP contribution in [0.15, 0.2) is 54.7 Å². The molecule has 3 aromatic heterocycles. The van der Waals surface area contributed by atoms with Crippen molar-refractivity contribution >= 4 is 22.5 Å². The molecule has 0 unspecified atom stereocenters. The lowest BCUT2D eigenvalue weighted by atomic mass is 10.1. The second-order valence-corrected chi connectivity index (χ2v) is 7.98. The summed E-state index contributed by atoms with van der Waals surface area (Å²) in [6, 6.07) is 13.1. The van der Waals surface area contributed by atoms with E-state index in [2.05, 4.69) is 20.2 Å². The second kappa shape index (κ2) is 8.83. The van der Waals surface area contributed by atoms with E-state index in [1.807, 2.05) is 37.4 Å². The average Bonchev–Trinajstić information content (AvgIpc) is 3.40. The zero-order chi connectivity index (χ0) is 23.8. The minimum absolute atomic E-state index is 0.121. The first kappa shape index (κ1) is 22.0. The second-order valence-electron chi connectivity index (χ2n) is 7.60. The number of halogens is 3. The first-order valence-corrected chi connectivity index (χ1v) is 10.9. The predicted molar refractivity (Wildman–Crippen MR) is 125 cm³/mol. The number of hydrogen-bond acceptors (Lipinski definition) is 5. The maximum atomic E-state index is 14.7. The van der Waals surface area contributed by atoms with Gasteiger partial charge in [-0.05, 0) is 19.1 Å². The minimum atomic E-state index is -0.707. The first-order valence-electron chi connectivity index (χ1n) is 10.5. The van der Waals surface area contributed by atoms with Gasteiger partial charge in [0.25, 0.3) is 0 Å². The van der Waals surface area contributed by atoms with Gasteiger partial charge in [0.05, 0.1) is 24.4 Å². The lowest BCUT2D eigenvalue weighted by Gasteiger charge is -2.09. The molecule has 0 amide bonds.